The lowest BCUT2D eigenvalue weighted by Crippen LogP contribution is -2.30. The molecule has 0 radical (unpaired) electrons. The van der Waals surface area contributed by atoms with Crippen molar-refractivity contribution >= 4 is 27.3 Å². The summed E-state index contributed by atoms with van der Waals surface area (Å²) in [5.41, 5.74) is 0. The van der Waals surface area contributed by atoms with Gasteiger partial charge < -0.3 is 10.4 Å². The smallest absolute Gasteiger partial charge is 0.0911 e. The fraction of sp³-hybridized carbons (Fsp3) is 0.600. The Balaban J connectivity index is 2.03. The SMILES string of the molecule is OC(c1ccc(Br)s1)C1CCNCC1. The highest BCUT2D eigenvalue weighted by Gasteiger charge is 2.23. The van der Waals surface area contributed by atoms with Crippen LogP contribution in [-0.2, 0) is 0 Å². The quantitative estimate of drug-likeness (QED) is 0.870. The van der Waals surface area contributed by atoms with Gasteiger partial charge in [-0.05, 0) is 59.9 Å². The highest BCUT2D eigenvalue weighted by Crippen LogP contribution is 2.34. The summed E-state index contributed by atoms with van der Waals surface area (Å²) in [6.07, 6.45) is 1.89. The molecule has 1 aliphatic rings. The zero-order chi connectivity index (χ0) is 9.97. The van der Waals surface area contributed by atoms with Crippen molar-refractivity contribution < 1.29 is 5.11 Å². The number of aliphatic hydroxyl groups is 1. The predicted molar refractivity (Wildman–Crippen MR) is 62.6 cm³/mol. The zero-order valence-electron chi connectivity index (χ0n) is 7.87. The summed E-state index contributed by atoms with van der Waals surface area (Å²) in [6.45, 7) is 2.07. The van der Waals surface area contributed by atoms with E-state index in [2.05, 4.69) is 21.2 Å². The molecule has 1 unspecified atom stereocenters. The van der Waals surface area contributed by atoms with Crippen molar-refractivity contribution in [1.29, 1.82) is 0 Å². The van der Waals surface area contributed by atoms with E-state index < -0.39 is 0 Å². The number of nitrogens with one attached hydrogen (secondary N) is 1. The van der Waals surface area contributed by atoms with Crippen LogP contribution in [0.5, 0.6) is 0 Å². The molecule has 4 heteroatoms. The van der Waals surface area contributed by atoms with Gasteiger partial charge in [0.25, 0.3) is 0 Å². The maximum Gasteiger partial charge on any atom is 0.0911 e. The fourth-order valence-corrected chi connectivity index (χ4v) is 3.38. The molecule has 78 valence electrons. The molecule has 0 spiro atoms. The fourth-order valence-electron chi connectivity index (χ4n) is 1.88. The molecule has 0 amide bonds. The third-order valence-electron chi connectivity index (χ3n) is 2.72. The van der Waals surface area contributed by atoms with Crippen LogP contribution in [0.3, 0.4) is 0 Å². The number of hydrogen-bond donors (Lipinski definition) is 2. The highest BCUT2D eigenvalue weighted by atomic mass is 79.9. The molecule has 0 bridgehead atoms. The molecule has 2 rings (SSSR count). The van der Waals surface area contributed by atoms with Crippen LogP contribution in [0.2, 0.25) is 0 Å². The van der Waals surface area contributed by atoms with Crippen LogP contribution in [-0.4, -0.2) is 18.2 Å². The molecule has 1 aromatic rings. The lowest BCUT2D eigenvalue weighted by Gasteiger charge is -2.26. The van der Waals surface area contributed by atoms with Gasteiger partial charge >= 0.3 is 0 Å². The molecular formula is C10H14BrNOS. The van der Waals surface area contributed by atoms with Gasteiger partial charge in [0.2, 0.25) is 0 Å². The first-order chi connectivity index (χ1) is 6.77. The van der Waals surface area contributed by atoms with Crippen LogP contribution in [0.15, 0.2) is 15.9 Å². The minimum absolute atomic E-state index is 0.270. The Labute approximate surface area is 96.5 Å². The van der Waals surface area contributed by atoms with E-state index in [4.69, 9.17) is 0 Å². The Morgan fingerprint density at radius 2 is 2.14 bits per heavy atom. The van der Waals surface area contributed by atoms with E-state index in [0.29, 0.717) is 5.92 Å². The van der Waals surface area contributed by atoms with Crippen LogP contribution < -0.4 is 5.32 Å². The summed E-state index contributed by atoms with van der Waals surface area (Å²) in [4.78, 5) is 1.09. The van der Waals surface area contributed by atoms with Gasteiger partial charge in [0.05, 0.1) is 9.89 Å². The third kappa shape index (κ3) is 2.37. The molecule has 1 aliphatic heterocycles. The molecule has 1 atom stereocenters. The van der Waals surface area contributed by atoms with Gasteiger partial charge in [0, 0.05) is 4.88 Å². The summed E-state index contributed by atoms with van der Waals surface area (Å²) in [7, 11) is 0. The summed E-state index contributed by atoms with van der Waals surface area (Å²) in [5.74, 6) is 0.432. The van der Waals surface area contributed by atoms with Gasteiger partial charge in [0.1, 0.15) is 0 Å². The van der Waals surface area contributed by atoms with Gasteiger partial charge in [-0.3, -0.25) is 0 Å². The number of aliphatic hydroxyl groups excluding tert-OH is 1. The summed E-state index contributed by atoms with van der Waals surface area (Å²) >= 11 is 5.06. The molecular weight excluding hydrogens is 262 g/mol. The van der Waals surface area contributed by atoms with E-state index in [0.717, 1.165) is 34.6 Å². The van der Waals surface area contributed by atoms with Crippen LogP contribution >= 0.6 is 27.3 Å². The second kappa shape index (κ2) is 4.75. The van der Waals surface area contributed by atoms with Crippen LogP contribution in [0, 0.1) is 5.92 Å². The van der Waals surface area contributed by atoms with E-state index in [9.17, 15) is 5.11 Å². The van der Waals surface area contributed by atoms with E-state index in [1.54, 1.807) is 11.3 Å². The van der Waals surface area contributed by atoms with E-state index >= 15 is 0 Å². The number of halogens is 1. The van der Waals surface area contributed by atoms with Crippen LogP contribution in [0.1, 0.15) is 23.8 Å². The normalized spacial score (nSPS) is 21.0. The van der Waals surface area contributed by atoms with Crippen molar-refractivity contribution in [3.63, 3.8) is 0 Å². The molecule has 2 nitrogen and oxygen atoms in total. The van der Waals surface area contributed by atoms with Crippen molar-refractivity contribution in [1.82, 2.24) is 5.32 Å². The Bertz CT molecular complexity index is 296. The number of hydrogen-bond acceptors (Lipinski definition) is 3. The Kier molecular flexibility index (Phi) is 3.60. The lowest BCUT2D eigenvalue weighted by atomic mass is 9.91. The van der Waals surface area contributed by atoms with Crippen molar-refractivity contribution in [3.05, 3.63) is 20.8 Å². The predicted octanol–water partition coefficient (Wildman–Crippen LogP) is 2.54. The molecule has 0 aliphatic carbocycles. The molecule has 1 aromatic heterocycles. The molecule has 1 fully saturated rings. The molecule has 0 saturated carbocycles. The number of piperidine rings is 1. The average Bonchev–Trinajstić information content (AvgIpc) is 2.65. The van der Waals surface area contributed by atoms with E-state index in [1.165, 1.54) is 0 Å². The van der Waals surface area contributed by atoms with Gasteiger partial charge in [-0.25, -0.2) is 0 Å². The van der Waals surface area contributed by atoms with Gasteiger partial charge in [-0.2, -0.15) is 0 Å². The van der Waals surface area contributed by atoms with Crippen molar-refractivity contribution in [2.45, 2.75) is 18.9 Å². The van der Waals surface area contributed by atoms with E-state index in [1.807, 2.05) is 12.1 Å². The molecule has 2 heterocycles. The van der Waals surface area contributed by atoms with Crippen molar-refractivity contribution in [2.75, 3.05) is 13.1 Å². The first-order valence-corrected chi connectivity index (χ1v) is 6.52. The first kappa shape index (κ1) is 10.6. The van der Waals surface area contributed by atoms with Crippen molar-refractivity contribution in [3.8, 4) is 0 Å². The molecule has 0 aromatic carbocycles. The topological polar surface area (TPSA) is 32.3 Å². The number of thiophene rings is 1. The maximum absolute atomic E-state index is 10.1. The van der Waals surface area contributed by atoms with Crippen molar-refractivity contribution in [2.24, 2.45) is 5.92 Å². The molecule has 14 heavy (non-hydrogen) atoms. The zero-order valence-corrected chi connectivity index (χ0v) is 10.3. The standard InChI is InChI=1S/C10H14BrNOS/c11-9-2-1-8(14-9)10(13)7-3-5-12-6-4-7/h1-2,7,10,12-13H,3-6H2. The summed E-state index contributed by atoms with van der Waals surface area (Å²) in [5, 5.41) is 13.4. The molecule has 2 N–H and O–H groups in total. The molecule has 1 saturated heterocycles. The Hall–Kier alpha value is 0.1000. The minimum atomic E-state index is -0.270. The van der Waals surface area contributed by atoms with Crippen LogP contribution in [0.25, 0.3) is 0 Å². The van der Waals surface area contributed by atoms with Crippen LogP contribution in [0.4, 0.5) is 0 Å². The van der Waals surface area contributed by atoms with E-state index in [-0.39, 0.29) is 6.10 Å². The highest BCUT2D eigenvalue weighted by molar-refractivity contribution is 9.11. The minimum Gasteiger partial charge on any atom is -0.387 e. The third-order valence-corrected chi connectivity index (χ3v) is 4.41. The maximum atomic E-state index is 10.1. The Morgan fingerprint density at radius 1 is 1.43 bits per heavy atom. The number of rotatable bonds is 2. The largest absolute Gasteiger partial charge is 0.387 e. The monoisotopic (exact) mass is 275 g/mol. The van der Waals surface area contributed by atoms with Gasteiger partial charge in [0.15, 0.2) is 0 Å². The van der Waals surface area contributed by atoms with Gasteiger partial charge in [-0.1, -0.05) is 0 Å². The second-order valence-electron chi connectivity index (χ2n) is 3.67. The first-order valence-electron chi connectivity index (χ1n) is 4.91. The summed E-state index contributed by atoms with van der Waals surface area (Å²) in [6, 6.07) is 4.02. The second-order valence-corrected chi connectivity index (χ2v) is 6.17. The lowest BCUT2D eigenvalue weighted by molar-refractivity contribution is 0.0920. The Morgan fingerprint density at radius 3 is 2.71 bits per heavy atom. The summed E-state index contributed by atoms with van der Waals surface area (Å²) < 4.78 is 1.10. The van der Waals surface area contributed by atoms with Gasteiger partial charge in [-0.15, -0.1) is 11.3 Å². The average molecular weight is 276 g/mol.